The van der Waals surface area contributed by atoms with Gasteiger partial charge in [-0.2, -0.15) is 5.10 Å². The highest BCUT2D eigenvalue weighted by molar-refractivity contribution is 6.31. The average molecular weight is 538 g/mol. The van der Waals surface area contributed by atoms with Gasteiger partial charge in [0.2, 0.25) is 5.91 Å². The number of nitrogens with one attached hydrogen (secondary N) is 2. The Kier molecular flexibility index (Phi) is 9.02. The molecule has 1 aliphatic heterocycles. The number of carbonyl (C=O) groups excluding carboxylic acids is 3. The number of nitrogens with zero attached hydrogens (tertiary/aromatic N) is 3. The number of carbonyl (C=O) groups is 3. The second-order valence-electron chi connectivity index (χ2n) is 9.40. The third kappa shape index (κ3) is 7.13. The van der Waals surface area contributed by atoms with Crippen molar-refractivity contribution < 1.29 is 19.1 Å². The van der Waals surface area contributed by atoms with Gasteiger partial charge in [-0.3, -0.25) is 19.1 Å². The van der Waals surface area contributed by atoms with Gasteiger partial charge in [0, 0.05) is 31.4 Å². The van der Waals surface area contributed by atoms with E-state index in [0.29, 0.717) is 59.9 Å². The molecule has 200 valence electrons. The Bertz CT molecular complexity index is 1290. The molecule has 0 bridgehead atoms. The highest BCUT2D eigenvalue weighted by Crippen LogP contribution is 2.23. The summed E-state index contributed by atoms with van der Waals surface area (Å²) in [6.45, 7) is 2.56. The Morgan fingerprint density at radius 1 is 1.16 bits per heavy atom. The number of rotatable bonds is 3. The lowest BCUT2D eigenvalue weighted by atomic mass is 10.1. The van der Waals surface area contributed by atoms with E-state index in [0.717, 1.165) is 5.56 Å². The highest BCUT2D eigenvalue weighted by Gasteiger charge is 2.24. The van der Waals surface area contributed by atoms with Crippen LogP contribution in [0.4, 0.5) is 0 Å². The van der Waals surface area contributed by atoms with Crippen LogP contribution in [0.3, 0.4) is 0 Å². The lowest BCUT2D eigenvalue weighted by molar-refractivity contribution is -0.122. The molecule has 4 rings (SSSR count). The van der Waals surface area contributed by atoms with Gasteiger partial charge in [0.15, 0.2) is 0 Å². The minimum atomic E-state index is -0.404. The van der Waals surface area contributed by atoms with Gasteiger partial charge in [-0.25, -0.2) is 0 Å². The minimum Gasteiger partial charge on any atom is -0.491 e. The lowest BCUT2D eigenvalue weighted by Crippen LogP contribution is -2.47. The molecule has 9 nitrogen and oxygen atoms in total. The Hall–Kier alpha value is -3.85. The van der Waals surface area contributed by atoms with E-state index in [1.165, 1.54) is 4.90 Å². The van der Waals surface area contributed by atoms with Crippen molar-refractivity contribution in [1.82, 2.24) is 25.3 Å². The van der Waals surface area contributed by atoms with Gasteiger partial charge in [0.25, 0.3) is 11.8 Å². The molecule has 3 amide bonds. The monoisotopic (exact) mass is 537 g/mol. The van der Waals surface area contributed by atoms with E-state index >= 15 is 0 Å². The largest absolute Gasteiger partial charge is 0.491 e. The molecule has 0 fully saturated rings. The second kappa shape index (κ2) is 12.6. The second-order valence-corrected chi connectivity index (χ2v) is 9.83. The van der Waals surface area contributed by atoms with E-state index < -0.39 is 6.04 Å². The maximum Gasteiger partial charge on any atom is 0.257 e. The molecule has 38 heavy (non-hydrogen) atoms. The number of benzene rings is 2. The Balaban J connectivity index is 1.59. The molecule has 1 atom stereocenters. The van der Waals surface area contributed by atoms with Gasteiger partial charge < -0.3 is 20.3 Å². The number of fused-ring (bicyclic) bond motifs is 1. The molecule has 0 saturated carbocycles. The summed E-state index contributed by atoms with van der Waals surface area (Å²) in [5, 5.41) is 10.6. The summed E-state index contributed by atoms with van der Waals surface area (Å²) < 4.78 is 7.64. The van der Waals surface area contributed by atoms with Crippen LogP contribution in [-0.2, 0) is 18.3 Å². The summed E-state index contributed by atoms with van der Waals surface area (Å²) in [6.07, 6.45) is 3.40. The molecule has 10 heteroatoms. The Labute approximate surface area is 227 Å². The van der Waals surface area contributed by atoms with Gasteiger partial charge in [-0.1, -0.05) is 41.9 Å². The van der Waals surface area contributed by atoms with E-state index in [1.807, 2.05) is 30.3 Å². The number of amides is 3. The number of aryl methyl sites for hydroxylation is 2. The van der Waals surface area contributed by atoms with E-state index in [-0.39, 0.29) is 30.9 Å². The fraction of sp³-hybridized carbons (Fsp3) is 0.357. The smallest absolute Gasteiger partial charge is 0.257 e. The molecule has 0 radical (unpaired) electrons. The molecule has 2 heterocycles. The maximum absolute atomic E-state index is 13.4. The maximum atomic E-state index is 13.4. The van der Waals surface area contributed by atoms with Crippen molar-refractivity contribution in [3.8, 4) is 5.75 Å². The quantitative estimate of drug-likeness (QED) is 0.534. The van der Waals surface area contributed by atoms with Crippen LogP contribution in [0, 0.1) is 6.92 Å². The highest BCUT2D eigenvalue weighted by atomic mass is 35.5. The van der Waals surface area contributed by atoms with Crippen molar-refractivity contribution >= 4 is 29.3 Å². The SMILES string of the molecule is Cc1nn(C)cc1C(=O)N1CCCCNC(=O)c2cc(Cl)ccc2OC[C@H](Cc2ccccc2)NC(=O)C1. The Morgan fingerprint density at radius 3 is 2.68 bits per heavy atom. The predicted octanol–water partition coefficient (Wildman–Crippen LogP) is 3.15. The van der Waals surface area contributed by atoms with E-state index in [4.69, 9.17) is 16.3 Å². The summed E-state index contributed by atoms with van der Waals surface area (Å²) in [5.74, 6) is -0.445. The van der Waals surface area contributed by atoms with Gasteiger partial charge >= 0.3 is 0 Å². The molecular weight excluding hydrogens is 506 g/mol. The average Bonchev–Trinajstić information content (AvgIpc) is 3.23. The van der Waals surface area contributed by atoms with Crippen LogP contribution in [0.1, 0.15) is 44.8 Å². The predicted molar refractivity (Wildman–Crippen MR) is 144 cm³/mol. The minimum absolute atomic E-state index is 0.100. The zero-order valence-electron chi connectivity index (χ0n) is 21.6. The number of halogens is 1. The molecular formula is C28H32ClN5O4. The van der Waals surface area contributed by atoms with Crippen molar-refractivity contribution in [3.63, 3.8) is 0 Å². The summed E-state index contributed by atoms with van der Waals surface area (Å²) in [6, 6.07) is 14.2. The lowest BCUT2D eigenvalue weighted by Gasteiger charge is -2.25. The normalized spacial score (nSPS) is 17.3. The van der Waals surface area contributed by atoms with Gasteiger partial charge in [-0.15, -0.1) is 0 Å². The number of hydrogen-bond donors (Lipinski definition) is 2. The first-order chi connectivity index (χ1) is 18.3. The van der Waals surface area contributed by atoms with E-state index in [1.54, 1.807) is 43.0 Å². The van der Waals surface area contributed by atoms with Gasteiger partial charge in [0.1, 0.15) is 12.4 Å². The zero-order chi connectivity index (χ0) is 27.1. The van der Waals surface area contributed by atoms with Crippen LogP contribution in [0.15, 0.2) is 54.7 Å². The van der Waals surface area contributed by atoms with Crippen molar-refractivity contribution in [3.05, 3.63) is 82.1 Å². The van der Waals surface area contributed by atoms with Crippen LogP contribution < -0.4 is 15.4 Å². The van der Waals surface area contributed by atoms with Gasteiger partial charge in [-0.05, 0) is 49.9 Å². The first-order valence-electron chi connectivity index (χ1n) is 12.6. The first-order valence-corrected chi connectivity index (χ1v) is 13.0. The molecule has 0 spiro atoms. The summed E-state index contributed by atoms with van der Waals surface area (Å²) in [5.41, 5.74) is 2.42. The molecule has 1 aliphatic rings. The molecule has 2 aromatic carbocycles. The Morgan fingerprint density at radius 2 is 1.95 bits per heavy atom. The van der Waals surface area contributed by atoms with E-state index in [2.05, 4.69) is 15.7 Å². The van der Waals surface area contributed by atoms with Crippen molar-refractivity contribution in [2.24, 2.45) is 7.05 Å². The van der Waals surface area contributed by atoms with Crippen LogP contribution in [0.5, 0.6) is 5.75 Å². The molecule has 1 aromatic heterocycles. The first kappa shape index (κ1) is 27.2. The van der Waals surface area contributed by atoms with Crippen LogP contribution in [0.25, 0.3) is 0 Å². The van der Waals surface area contributed by atoms with Gasteiger partial charge in [0.05, 0.1) is 29.4 Å². The standard InChI is InChI=1S/C28H32ClN5O4/c1-19-24(16-33(2)32-19)28(37)34-13-7-6-12-30-27(36)23-15-21(29)10-11-25(23)38-18-22(31-26(35)17-34)14-20-8-4-3-5-9-20/h3-5,8-11,15-16,22H,6-7,12-14,17-18H2,1-2H3,(H,30,36)(H,31,35)/t22-/m0/s1. The zero-order valence-corrected chi connectivity index (χ0v) is 22.3. The summed E-state index contributed by atoms with van der Waals surface area (Å²) >= 11 is 6.16. The number of ether oxygens (including phenoxy) is 1. The third-order valence-electron chi connectivity index (χ3n) is 6.32. The fourth-order valence-corrected chi connectivity index (χ4v) is 4.62. The van der Waals surface area contributed by atoms with E-state index in [9.17, 15) is 14.4 Å². The molecule has 0 aliphatic carbocycles. The molecule has 2 N–H and O–H groups in total. The van der Waals surface area contributed by atoms with Crippen LogP contribution in [0.2, 0.25) is 5.02 Å². The topological polar surface area (TPSA) is 106 Å². The fourth-order valence-electron chi connectivity index (χ4n) is 4.45. The number of hydrogen-bond acceptors (Lipinski definition) is 5. The van der Waals surface area contributed by atoms with Crippen molar-refractivity contribution in [2.45, 2.75) is 32.2 Å². The molecule has 0 saturated heterocycles. The van der Waals surface area contributed by atoms with Crippen molar-refractivity contribution in [1.29, 1.82) is 0 Å². The molecule has 0 unspecified atom stereocenters. The van der Waals surface area contributed by atoms with Crippen molar-refractivity contribution in [2.75, 3.05) is 26.2 Å². The third-order valence-corrected chi connectivity index (χ3v) is 6.56. The summed E-state index contributed by atoms with van der Waals surface area (Å²) in [7, 11) is 1.75. The van der Waals surface area contributed by atoms with Crippen LogP contribution >= 0.6 is 11.6 Å². The van der Waals surface area contributed by atoms with Crippen LogP contribution in [-0.4, -0.2) is 64.7 Å². The summed E-state index contributed by atoms with van der Waals surface area (Å²) in [4.78, 5) is 41.1. The molecule has 3 aromatic rings. The number of aromatic nitrogens is 2.